The van der Waals surface area contributed by atoms with Gasteiger partial charge >= 0.3 is 0 Å². The lowest BCUT2D eigenvalue weighted by Crippen LogP contribution is -1.96. The fraction of sp³-hybridized carbons (Fsp3) is 0.167. The van der Waals surface area contributed by atoms with Crippen molar-refractivity contribution in [2.45, 2.75) is 13.8 Å². The van der Waals surface area contributed by atoms with Gasteiger partial charge in [0.2, 0.25) is 4.77 Å². The molecule has 0 atom stereocenters. The molecule has 0 spiro atoms. The quantitative estimate of drug-likeness (QED) is 0.538. The molecule has 0 fully saturated rings. The van der Waals surface area contributed by atoms with E-state index in [1.165, 1.54) is 0 Å². The number of hydrogen-bond acceptors (Lipinski definition) is 5. The maximum absolute atomic E-state index is 9.77. The Morgan fingerprint density at radius 2 is 2.16 bits per heavy atom. The van der Waals surface area contributed by atoms with E-state index >= 15 is 0 Å². The van der Waals surface area contributed by atoms with Gasteiger partial charge in [-0.2, -0.15) is 14.9 Å². The number of aromatic amines is 1. The molecule has 0 bridgehead atoms. The molecular formula is C18H18N4O2S. The second-order valence-electron chi connectivity index (χ2n) is 5.44. The Morgan fingerprint density at radius 1 is 1.32 bits per heavy atom. The third kappa shape index (κ3) is 3.77. The predicted molar refractivity (Wildman–Crippen MR) is 99.9 cm³/mol. The molecule has 128 valence electrons. The molecule has 2 aromatic carbocycles. The molecule has 0 aliphatic heterocycles. The first-order chi connectivity index (χ1) is 12.1. The molecule has 0 unspecified atom stereocenters. The molecule has 0 radical (unpaired) electrons. The molecule has 7 heteroatoms. The maximum Gasteiger partial charge on any atom is 0.216 e. The van der Waals surface area contributed by atoms with Crippen LogP contribution in [0.15, 0.2) is 47.6 Å². The number of ether oxygens (including phenoxy) is 1. The van der Waals surface area contributed by atoms with E-state index in [2.05, 4.69) is 15.3 Å². The number of hydrogen-bond donors (Lipinski definition) is 2. The Labute approximate surface area is 150 Å². The molecule has 1 aromatic heterocycles. The zero-order valence-electron chi connectivity index (χ0n) is 13.9. The summed E-state index contributed by atoms with van der Waals surface area (Å²) < 4.78 is 7.35. The van der Waals surface area contributed by atoms with Crippen molar-refractivity contribution < 1.29 is 9.84 Å². The molecule has 0 saturated heterocycles. The van der Waals surface area contributed by atoms with Crippen LogP contribution in [0.25, 0.3) is 11.4 Å². The zero-order chi connectivity index (χ0) is 17.8. The van der Waals surface area contributed by atoms with Gasteiger partial charge in [-0.05, 0) is 55.9 Å². The summed E-state index contributed by atoms with van der Waals surface area (Å²) in [5.74, 6) is 1.15. The summed E-state index contributed by atoms with van der Waals surface area (Å²) in [5.41, 5.74) is 2.83. The van der Waals surface area contributed by atoms with Crippen LogP contribution in [-0.4, -0.2) is 32.8 Å². The standard InChI is InChI=1S/C18H18N4O2S/c1-3-24-16-10-13(7-8-15(16)23)11-19-22-17(20-21-18(22)25)14-6-4-5-12(2)9-14/h4-11,23H,3H2,1-2H3,(H,21,25)/b19-11-. The smallest absolute Gasteiger partial charge is 0.216 e. The average molecular weight is 354 g/mol. The van der Waals surface area contributed by atoms with E-state index in [9.17, 15) is 5.11 Å². The molecule has 6 nitrogen and oxygen atoms in total. The van der Waals surface area contributed by atoms with Gasteiger partial charge in [0.25, 0.3) is 0 Å². The highest BCUT2D eigenvalue weighted by Crippen LogP contribution is 2.26. The maximum atomic E-state index is 9.77. The summed E-state index contributed by atoms with van der Waals surface area (Å²) >= 11 is 5.28. The third-order valence-electron chi connectivity index (χ3n) is 3.53. The highest BCUT2D eigenvalue weighted by Gasteiger charge is 2.08. The van der Waals surface area contributed by atoms with Gasteiger partial charge in [0.05, 0.1) is 12.8 Å². The van der Waals surface area contributed by atoms with Crippen molar-refractivity contribution in [2.75, 3.05) is 6.61 Å². The highest BCUT2D eigenvalue weighted by molar-refractivity contribution is 7.71. The average Bonchev–Trinajstić information content (AvgIpc) is 2.96. The molecule has 3 aromatic rings. The second kappa shape index (κ2) is 7.31. The Hall–Kier alpha value is -2.93. The first-order valence-electron chi connectivity index (χ1n) is 7.83. The fourth-order valence-electron chi connectivity index (χ4n) is 2.38. The van der Waals surface area contributed by atoms with Crippen LogP contribution in [0.5, 0.6) is 11.5 Å². The normalized spacial score (nSPS) is 11.1. The predicted octanol–water partition coefficient (Wildman–Crippen LogP) is 3.90. The second-order valence-corrected chi connectivity index (χ2v) is 5.83. The largest absolute Gasteiger partial charge is 0.504 e. The van der Waals surface area contributed by atoms with Crippen molar-refractivity contribution in [2.24, 2.45) is 5.10 Å². The van der Waals surface area contributed by atoms with Gasteiger partial charge in [0.1, 0.15) is 0 Å². The number of aromatic nitrogens is 3. The van der Waals surface area contributed by atoms with Crippen LogP contribution in [0.4, 0.5) is 0 Å². The van der Waals surface area contributed by atoms with E-state index in [0.717, 1.165) is 16.7 Å². The van der Waals surface area contributed by atoms with Gasteiger partial charge in [-0.3, -0.25) is 0 Å². The van der Waals surface area contributed by atoms with Crippen LogP contribution < -0.4 is 4.74 Å². The lowest BCUT2D eigenvalue weighted by molar-refractivity contribution is 0.318. The summed E-state index contributed by atoms with van der Waals surface area (Å²) in [6, 6.07) is 13.0. The van der Waals surface area contributed by atoms with Crippen LogP contribution in [0.2, 0.25) is 0 Å². The number of aromatic hydroxyl groups is 1. The lowest BCUT2D eigenvalue weighted by atomic mass is 10.1. The van der Waals surface area contributed by atoms with E-state index in [4.69, 9.17) is 17.0 Å². The van der Waals surface area contributed by atoms with E-state index in [-0.39, 0.29) is 5.75 Å². The number of nitrogens with one attached hydrogen (secondary N) is 1. The molecular weight excluding hydrogens is 336 g/mol. The summed E-state index contributed by atoms with van der Waals surface area (Å²) in [6.45, 7) is 4.35. The topological polar surface area (TPSA) is 75.4 Å². The van der Waals surface area contributed by atoms with E-state index in [1.807, 2.05) is 38.1 Å². The van der Waals surface area contributed by atoms with E-state index < -0.39 is 0 Å². The Balaban J connectivity index is 1.96. The molecule has 1 heterocycles. The molecule has 2 N–H and O–H groups in total. The molecule has 0 saturated carbocycles. The van der Waals surface area contributed by atoms with Crippen LogP contribution in [0, 0.1) is 11.7 Å². The van der Waals surface area contributed by atoms with Crippen LogP contribution >= 0.6 is 12.2 Å². The molecule has 3 rings (SSSR count). The third-order valence-corrected chi connectivity index (χ3v) is 3.80. The van der Waals surface area contributed by atoms with Crippen molar-refractivity contribution in [1.82, 2.24) is 14.9 Å². The van der Waals surface area contributed by atoms with Gasteiger partial charge in [-0.15, -0.1) is 0 Å². The van der Waals surface area contributed by atoms with Crippen molar-refractivity contribution in [3.63, 3.8) is 0 Å². The Kier molecular flexibility index (Phi) is 4.95. The van der Waals surface area contributed by atoms with Crippen molar-refractivity contribution in [3.8, 4) is 22.9 Å². The number of rotatable bonds is 5. The minimum Gasteiger partial charge on any atom is -0.504 e. The van der Waals surface area contributed by atoms with Gasteiger partial charge in [-0.25, -0.2) is 5.10 Å². The van der Waals surface area contributed by atoms with Gasteiger partial charge in [-0.1, -0.05) is 23.8 Å². The Bertz CT molecular complexity index is 975. The van der Waals surface area contributed by atoms with Crippen LogP contribution in [0.3, 0.4) is 0 Å². The van der Waals surface area contributed by atoms with Gasteiger partial charge in [0.15, 0.2) is 17.3 Å². The van der Waals surface area contributed by atoms with Crippen molar-refractivity contribution in [1.29, 1.82) is 0 Å². The molecule has 25 heavy (non-hydrogen) atoms. The van der Waals surface area contributed by atoms with E-state index in [0.29, 0.717) is 23.0 Å². The van der Waals surface area contributed by atoms with Gasteiger partial charge < -0.3 is 9.84 Å². The number of aryl methyl sites for hydroxylation is 1. The molecule has 0 aliphatic carbocycles. The summed E-state index contributed by atoms with van der Waals surface area (Å²) in [5, 5.41) is 21.2. The number of benzene rings is 2. The minimum absolute atomic E-state index is 0.0966. The fourth-order valence-corrected chi connectivity index (χ4v) is 2.56. The Morgan fingerprint density at radius 3 is 2.92 bits per heavy atom. The lowest BCUT2D eigenvalue weighted by Gasteiger charge is -2.06. The monoisotopic (exact) mass is 354 g/mol. The minimum atomic E-state index is 0.0966. The number of phenols is 1. The molecule has 0 aliphatic rings. The number of nitrogens with zero attached hydrogens (tertiary/aromatic N) is 3. The summed E-state index contributed by atoms with van der Waals surface area (Å²) in [7, 11) is 0. The highest BCUT2D eigenvalue weighted by atomic mass is 32.1. The van der Waals surface area contributed by atoms with Gasteiger partial charge in [0, 0.05) is 5.56 Å². The zero-order valence-corrected chi connectivity index (χ0v) is 14.7. The SMILES string of the molecule is CCOc1cc(/C=N\n2c(-c3cccc(C)c3)n[nH]c2=S)ccc1O. The van der Waals surface area contributed by atoms with E-state index in [1.54, 1.807) is 29.1 Å². The molecule has 0 amide bonds. The first kappa shape index (κ1) is 16.9. The summed E-state index contributed by atoms with van der Waals surface area (Å²) in [6.07, 6.45) is 1.65. The van der Waals surface area contributed by atoms with Crippen molar-refractivity contribution >= 4 is 18.4 Å². The van der Waals surface area contributed by atoms with Crippen molar-refractivity contribution in [3.05, 3.63) is 58.4 Å². The first-order valence-corrected chi connectivity index (χ1v) is 8.24. The number of H-pyrrole nitrogens is 1. The van der Waals surface area contributed by atoms with Crippen LogP contribution in [-0.2, 0) is 0 Å². The number of phenolic OH excluding ortho intramolecular Hbond substituents is 1. The summed E-state index contributed by atoms with van der Waals surface area (Å²) in [4.78, 5) is 0. The van der Waals surface area contributed by atoms with Crippen LogP contribution in [0.1, 0.15) is 18.1 Å².